The van der Waals surface area contributed by atoms with Crippen LogP contribution in [0.4, 0.5) is 0 Å². The zero-order chi connectivity index (χ0) is 18.2. The molecule has 0 aliphatic carbocycles. The zero-order valence-electron chi connectivity index (χ0n) is 15.1. The van der Waals surface area contributed by atoms with E-state index in [0.717, 1.165) is 17.0 Å². The Morgan fingerprint density at radius 2 is 1.88 bits per heavy atom. The van der Waals surface area contributed by atoms with Crippen molar-refractivity contribution >= 4 is 11.9 Å². The summed E-state index contributed by atoms with van der Waals surface area (Å²) in [6.07, 6.45) is 0. The van der Waals surface area contributed by atoms with Gasteiger partial charge in [-0.2, -0.15) is 0 Å². The normalized spacial score (nSPS) is 11.5. The van der Waals surface area contributed by atoms with Gasteiger partial charge >= 0.3 is 0 Å². The predicted octanol–water partition coefficient (Wildman–Crippen LogP) is 2.02. The number of aliphatic imine (C=N–C) groups is 1. The van der Waals surface area contributed by atoms with E-state index in [4.69, 9.17) is 4.52 Å². The van der Waals surface area contributed by atoms with Gasteiger partial charge in [0.2, 0.25) is 0 Å². The highest BCUT2D eigenvalue weighted by Gasteiger charge is 2.08. The lowest BCUT2D eigenvalue weighted by molar-refractivity contribution is 0.0963. The number of amides is 1. The van der Waals surface area contributed by atoms with Crippen LogP contribution in [0, 0.1) is 0 Å². The van der Waals surface area contributed by atoms with E-state index in [1.165, 1.54) is 0 Å². The van der Waals surface area contributed by atoms with E-state index in [1.54, 1.807) is 26.2 Å². The van der Waals surface area contributed by atoms with Gasteiger partial charge in [0.15, 0.2) is 11.7 Å². The molecule has 0 fully saturated rings. The number of hydrogen-bond acceptors (Lipinski definition) is 4. The molecule has 0 atom stereocenters. The Morgan fingerprint density at radius 3 is 2.44 bits per heavy atom. The average Bonchev–Trinajstić information content (AvgIpc) is 3.11. The summed E-state index contributed by atoms with van der Waals surface area (Å²) >= 11 is 0. The standard InChI is InChI=1S/C18H25N5O2/c1-12(2)16-9-15(25-23-16)11-22-18(20-4)21-10-13-5-7-14(8-6-13)17(24)19-3/h5-9,12H,10-11H2,1-4H3,(H,19,24)(H2,20,21,22). The van der Waals surface area contributed by atoms with E-state index in [9.17, 15) is 4.79 Å². The van der Waals surface area contributed by atoms with Crippen molar-refractivity contribution in [3.63, 3.8) is 0 Å². The van der Waals surface area contributed by atoms with Crippen molar-refractivity contribution in [3.8, 4) is 0 Å². The predicted molar refractivity (Wildman–Crippen MR) is 97.5 cm³/mol. The number of carbonyl (C=O) groups is 1. The molecule has 2 rings (SSSR count). The molecule has 1 aromatic carbocycles. The van der Waals surface area contributed by atoms with Crippen LogP contribution in [0.1, 0.15) is 47.1 Å². The summed E-state index contributed by atoms with van der Waals surface area (Å²) in [5.41, 5.74) is 2.63. The first-order valence-electron chi connectivity index (χ1n) is 8.24. The third-order valence-electron chi connectivity index (χ3n) is 3.73. The molecule has 1 heterocycles. The molecular formula is C18H25N5O2. The van der Waals surface area contributed by atoms with E-state index < -0.39 is 0 Å². The van der Waals surface area contributed by atoms with Crippen LogP contribution in [0.25, 0.3) is 0 Å². The van der Waals surface area contributed by atoms with Gasteiger partial charge in [0, 0.05) is 32.3 Å². The van der Waals surface area contributed by atoms with Crippen molar-refractivity contribution in [2.45, 2.75) is 32.9 Å². The van der Waals surface area contributed by atoms with Crippen LogP contribution in [0.3, 0.4) is 0 Å². The number of nitrogens with one attached hydrogen (secondary N) is 3. The Bertz CT molecular complexity index is 719. The fraction of sp³-hybridized carbons (Fsp3) is 0.389. The summed E-state index contributed by atoms with van der Waals surface area (Å²) in [5.74, 6) is 1.68. The topological polar surface area (TPSA) is 91.5 Å². The molecule has 1 amide bonds. The monoisotopic (exact) mass is 343 g/mol. The summed E-state index contributed by atoms with van der Waals surface area (Å²) < 4.78 is 5.30. The van der Waals surface area contributed by atoms with Crippen molar-refractivity contribution in [1.82, 2.24) is 21.1 Å². The Hall–Kier alpha value is -2.83. The van der Waals surface area contributed by atoms with Gasteiger partial charge in [-0.05, 0) is 23.6 Å². The minimum absolute atomic E-state index is 0.0928. The quantitative estimate of drug-likeness (QED) is 0.551. The molecule has 0 aliphatic heterocycles. The highest BCUT2D eigenvalue weighted by atomic mass is 16.5. The molecule has 0 aliphatic rings. The van der Waals surface area contributed by atoms with Crippen LogP contribution in [0.2, 0.25) is 0 Å². The first-order valence-corrected chi connectivity index (χ1v) is 8.24. The molecule has 0 bridgehead atoms. The number of carbonyl (C=O) groups excluding carboxylic acids is 1. The Kier molecular flexibility index (Phi) is 6.56. The summed E-state index contributed by atoms with van der Waals surface area (Å²) in [6, 6.07) is 9.37. The number of benzene rings is 1. The van der Waals surface area contributed by atoms with E-state index in [2.05, 4.69) is 39.9 Å². The molecule has 7 heteroatoms. The van der Waals surface area contributed by atoms with Gasteiger partial charge < -0.3 is 20.5 Å². The second-order valence-electron chi connectivity index (χ2n) is 5.93. The van der Waals surface area contributed by atoms with Crippen LogP contribution in [-0.4, -0.2) is 31.1 Å². The van der Waals surface area contributed by atoms with E-state index in [0.29, 0.717) is 30.5 Å². The molecule has 0 saturated heterocycles. The van der Waals surface area contributed by atoms with Gasteiger partial charge in [0.25, 0.3) is 5.91 Å². The number of aromatic nitrogens is 1. The van der Waals surface area contributed by atoms with E-state index in [1.807, 2.05) is 18.2 Å². The third-order valence-corrected chi connectivity index (χ3v) is 3.73. The maximum Gasteiger partial charge on any atom is 0.251 e. The fourth-order valence-electron chi connectivity index (χ4n) is 2.18. The van der Waals surface area contributed by atoms with Crippen LogP contribution in [-0.2, 0) is 13.1 Å². The summed E-state index contributed by atoms with van der Waals surface area (Å²) in [5, 5.41) is 13.1. The van der Waals surface area contributed by atoms with Crippen molar-refractivity contribution in [2.75, 3.05) is 14.1 Å². The molecule has 1 aromatic heterocycles. The molecule has 134 valence electrons. The van der Waals surface area contributed by atoms with Gasteiger partial charge in [-0.1, -0.05) is 31.1 Å². The molecule has 3 N–H and O–H groups in total. The first-order chi connectivity index (χ1) is 12.0. The lowest BCUT2D eigenvalue weighted by Gasteiger charge is -2.11. The third kappa shape index (κ3) is 5.34. The lowest BCUT2D eigenvalue weighted by Crippen LogP contribution is -2.36. The van der Waals surface area contributed by atoms with Crippen molar-refractivity contribution < 1.29 is 9.32 Å². The minimum atomic E-state index is -0.0928. The van der Waals surface area contributed by atoms with Crippen LogP contribution < -0.4 is 16.0 Å². The zero-order valence-corrected chi connectivity index (χ0v) is 15.1. The molecule has 7 nitrogen and oxygen atoms in total. The number of nitrogens with zero attached hydrogens (tertiary/aromatic N) is 2. The number of hydrogen-bond donors (Lipinski definition) is 3. The molecular weight excluding hydrogens is 318 g/mol. The van der Waals surface area contributed by atoms with Crippen LogP contribution >= 0.6 is 0 Å². The smallest absolute Gasteiger partial charge is 0.251 e. The minimum Gasteiger partial charge on any atom is -0.359 e. The first kappa shape index (κ1) is 18.5. The molecule has 0 radical (unpaired) electrons. The van der Waals surface area contributed by atoms with Gasteiger partial charge in [-0.3, -0.25) is 9.79 Å². The maximum atomic E-state index is 11.5. The Morgan fingerprint density at radius 1 is 1.20 bits per heavy atom. The largest absolute Gasteiger partial charge is 0.359 e. The number of guanidine groups is 1. The van der Waals surface area contributed by atoms with Gasteiger partial charge in [0.1, 0.15) is 0 Å². The van der Waals surface area contributed by atoms with Crippen LogP contribution in [0.15, 0.2) is 39.8 Å². The summed E-state index contributed by atoms with van der Waals surface area (Å²) in [4.78, 5) is 15.7. The van der Waals surface area contributed by atoms with Gasteiger partial charge in [-0.15, -0.1) is 0 Å². The fourth-order valence-corrected chi connectivity index (χ4v) is 2.18. The molecule has 2 aromatic rings. The molecule has 25 heavy (non-hydrogen) atoms. The van der Waals surface area contributed by atoms with Gasteiger partial charge in [-0.25, -0.2) is 0 Å². The average molecular weight is 343 g/mol. The molecule has 0 unspecified atom stereocenters. The molecule has 0 saturated carbocycles. The van der Waals surface area contributed by atoms with Gasteiger partial charge in [0.05, 0.1) is 12.2 Å². The lowest BCUT2D eigenvalue weighted by atomic mass is 10.1. The van der Waals surface area contributed by atoms with Crippen molar-refractivity contribution in [2.24, 2.45) is 4.99 Å². The summed E-state index contributed by atoms with van der Waals surface area (Å²) in [7, 11) is 3.33. The number of rotatable bonds is 6. The van der Waals surface area contributed by atoms with Crippen molar-refractivity contribution in [1.29, 1.82) is 0 Å². The second-order valence-corrected chi connectivity index (χ2v) is 5.93. The second kappa shape index (κ2) is 8.86. The van der Waals surface area contributed by atoms with Crippen molar-refractivity contribution in [3.05, 3.63) is 52.9 Å². The van der Waals surface area contributed by atoms with E-state index in [-0.39, 0.29) is 5.91 Å². The molecule has 0 spiro atoms. The Labute approximate surface area is 147 Å². The SMILES string of the molecule is CN=C(NCc1ccc(C(=O)NC)cc1)NCc1cc(C(C)C)no1. The maximum absolute atomic E-state index is 11.5. The highest BCUT2D eigenvalue weighted by Crippen LogP contribution is 2.13. The van der Waals surface area contributed by atoms with Crippen LogP contribution in [0.5, 0.6) is 0 Å². The van der Waals surface area contributed by atoms with E-state index >= 15 is 0 Å². The highest BCUT2D eigenvalue weighted by molar-refractivity contribution is 5.93. The Balaban J connectivity index is 1.84. The summed E-state index contributed by atoms with van der Waals surface area (Å²) in [6.45, 7) is 5.26.